The lowest BCUT2D eigenvalue weighted by molar-refractivity contribution is -0.174. The number of nitrogens with zero attached hydrogens (tertiary/aromatic N) is 4. The number of carbonyl (C=O) groups excluding carboxylic acids is 1. The van der Waals surface area contributed by atoms with E-state index in [9.17, 15) is 4.79 Å². The van der Waals surface area contributed by atoms with Crippen LogP contribution in [0.2, 0.25) is 0 Å². The van der Waals surface area contributed by atoms with Crippen molar-refractivity contribution in [1.82, 2.24) is 20.0 Å². The second-order valence-electron chi connectivity index (χ2n) is 6.29. The maximum absolute atomic E-state index is 12.3. The Morgan fingerprint density at radius 3 is 2.88 bits per heavy atom. The van der Waals surface area contributed by atoms with E-state index >= 15 is 0 Å². The molecule has 1 atom stereocenters. The fourth-order valence-corrected chi connectivity index (χ4v) is 3.21. The van der Waals surface area contributed by atoms with Crippen LogP contribution in [-0.2, 0) is 4.74 Å². The zero-order valence-electron chi connectivity index (χ0n) is 13.3. The van der Waals surface area contributed by atoms with Gasteiger partial charge in [-0.05, 0) is 13.0 Å². The van der Waals surface area contributed by atoms with Crippen molar-refractivity contribution in [2.45, 2.75) is 31.5 Å². The van der Waals surface area contributed by atoms with Crippen LogP contribution in [0, 0.1) is 6.92 Å². The molecule has 0 N–H and O–H groups in total. The molecule has 0 radical (unpaired) electrons. The monoisotopic (exact) mass is 330 g/mol. The van der Waals surface area contributed by atoms with E-state index in [1.165, 1.54) is 0 Å². The first-order valence-corrected chi connectivity index (χ1v) is 7.94. The van der Waals surface area contributed by atoms with Gasteiger partial charge in [-0.1, -0.05) is 5.16 Å². The van der Waals surface area contributed by atoms with Gasteiger partial charge in [-0.15, -0.1) is 0 Å². The SMILES string of the molecule is Cc1cc(C(=O)N2CC3(CC(Oc4ncccn4)CCO3)C2)on1. The number of amides is 1. The normalized spacial score (nSPS) is 22.2. The summed E-state index contributed by atoms with van der Waals surface area (Å²) in [6.07, 6.45) is 4.80. The number of aromatic nitrogens is 3. The van der Waals surface area contributed by atoms with E-state index in [2.05, 4.69) is 15.1 Å². The molecule has 0 aromatic carbocycles. The minimum Gasteiger partial charge on any atom is -0.460 e. The second-order valence-corrected chi connectivity index (χ2v) is 6.29. The molecular formula is C16H18N4O4. The van der Waals surface area contributed by atoms with Gasteiger partial charge in [-0.3, -0.25) is 4.79 Å². The molecule has 126 valence electrons. The van der Waals surface area contributed by atoms with Crippen molar-refractivity contribution in [3.63, 3.8) is 0 Å². The first kappa shape index (κ1) is 15.1. The molecule has 2 fully saturated rings. The highest BCUT2D eigenvalue weighted by molar-refractivity contribution is 5.92. The van der Waals surface area contributed by atoms with Gasteiger partial charge in [0.25, 0.3) is 5.91 Å². The first-order valence-electron chi connectivity index (χ1n) is 7.94. The van der Waals surface area contributed by atoms with Crippen LogP contribution in [0.5, 0.6) is 6.01 Å². The average Bonchev–Trinajstić information content (AvgIpc) is 3.00. The van der Waals surface area contributed by atoms with Gasteiger partial charge in [0.15, 0.2) is 0 Å². The topological polar surface area (TPSA) is 90.6 Å². The van der Waals surface area contributed by atoms with Crippen LogP contribution in [-0.4, -0.2) is 57.3 Å². The third-order valence-corrected chi connectivity index (χ3v) is 4.35. The van der Waals surface area contributed by atoms with Crippen LogP contribution >= 0.6 is 0 Å². The fourth-order valence-electron chi connectivity index (χ4n) is 3.21. The van der Waals surface area contributed by atoms with Crippen molar-refractivity contribution in [3.8, 4) is 6.01 Å². The first-order chi connectivity index (χ1) is 11.6. The lowest BCUT2D eigenvalue weighted by Crippen LogP contribution is -2.67. The Morgan fingerprint density at radius 2 is 2.17 bits per heavy atom. The van der Waals surface area contributed by atoms with Gasteiger partial charge in [-0.2, -0.15) is 0 Å². The van der Waals surface area contributed by atoms with E-state index in [4.69, 9.17) is 14.0 Å². The number of likely N-dealkylation sites (tertiary alicyclic amines) is 1. The van der Waals surface area contributed by atoms with E-state index < -0.39 is 0 Å². The Morgan fingerprint density at radius 1 is 1.38 bits per heavy atom. The third-order valence-electron chi connectivity index (χ3n) is 4.35. The Labute approximate surface area is 138 Å². The molecule has 24 heavy (non-hydrogen) atoms. The summed E-state index contributed by atoms with van der Waals surface area (Å²) in [7, 11) is 0. The molecule has 2 aliphatic rings. The van der Waals surface area contributed by atoms with Gasteiger partial charge >= 0.3 is 6.01 Å². The highest BCUT2D eigenvalue weighted by atomic mass is 16.5. The van der Waals surface area contributed by atoms with Gasteiger partial charge in [0.05, 0.1) is 25.4 Å². The van der Waals surface area contributed by atoms with Gasteiger partial charge in [0.1, 0.15) is 11.7 Å². The second kappa shape index (κ2) is 5.86. The van der Waals surface area contributed by atoms with Crippen molar-refractivity contribution in [3.05, 3.63) is 36.0 Å². The molecule has 0 bridgehead atoms. The van der Waals surface area contributed by atoms with E-state index in [1.54, 1.807) is 36.4 Å². The molecule has 4 rings (SSSR count). The number of ether oxygens (including phenoxy) is 2. The third kappa shape index (κ3) is 2.84. The van der Waals surface area contributed by atoms with Gasteiger partial charge < -0.3 is 18.9 Å². The molecule has 4 heterocycles. The largest absolute Gasteiger partial charge is 0.460 e. The number of carbonyl (C=O) groups is 1. The highest BCUT2D eigenvalue weighted by Gasteiger charge is 2.50. The summed E-state index contributed by atoms with van der Waals surface area (Å²) in [5.74, 6) is 0.114. The van der Waals surface area contributed by atoms with Gasteiger partial charge in [0, 0.05) is 31.3 Å². The van der Waals surface area contributed by atoms with E-state index in [1.807, 2.05) is 0 Å². The number of rotatable bonds is 3. The average molecular weight is 330 g/mol. The quantitative estimate of drug-likeness (QED) is 0.836. The summed E-state index contributed by atoms with van der Waals surface area (Å²) in [6, 6.07) is 3.77. The number of aryl methyl sites for hydroxylation is 1. The Kier molecular flexibility index (Phi) is 3.68. The molecule has 2 aliphatic heterocycles. The summed E-state index contributed by atoms with van der Waals surface area (Å²) in [5.41, 5.74) is 0.349. The molecule has 0 saturated carbocycles. The lowest BCUT2D eigenvalue weighted by atomic mass is 9.84. The van der Waals surface area contributed by atoms with Crippen LogP contribution in [0.1, 0.15) is 29.1 Å². The maximum atomic E-state index is 12.3. The molecule has 1 unspecified atom stereocenters. The van der Waals surface area contributed by atoms with Crippen molar-refractivity contribution in [2.24, 2.45) is 0 Å². The van der Waals surface area contributed by atoms with Crippen LogP contribution in [0.3, 0.4) is 0 Å². The molecular weight excluding hydrogens is 312 g/mol. The number of hydrogen-bond acceptors (Lipinski definition) is 7. The van der Waals surface area contributed by atoms with Crippen molar-refractivity contribution >= 4 is 5.91 Å². The smallest absolute Gasteiger partial charge is 0.316 e. The van der Waals surface area contributed by atoms with Crippen LogP contribution in [0.4, 0.5) is 0 Å². The molecule has 0 aliphatic carbocycles. The van der Waals surface area contributed by atoms with Crippen molar-refractivity contribution < 1.29 is 18.8 Å². The lowest BCUT2D eigenvalue weighted by Gasteiger charge is -2.52. The van der Waals surface area contributed by atoms with Crippen LogP contribution in [0.25, 0.3) is 0 Å². The van der Waals surface area contributed by atoms with Crippen LogP contribution in [0.15, 0.2) is 29.0 Å². The Bertz CT molecular complexity index is 727. The predicted molar refractivity (Wildman–Crippen MR) is 81.5 cm³/mol. The Hall–Kier alpha value is -2.48. The molecule has 8 heteroatoms. The zero-order valence-corrected chi connectivity index (χ0v) is 13.3. The summed E-state index contributed by atoms with van der Waals surface area (Å²) < 4.78 is 16.8. The van der Waals surface area contributed by atoms with Crippen molar-refractivity contribution in [1.29, 1.82) is 0 Å². The summed E-state index contributed by atoms with van der Waals surface area (Å²) in [5, 5.41) is 3.75. The minimum absolute atomic E-state index is 0.00840. The molecule has 1 amide bonds. The summed E-state index contributed by atoms with van der Waals surface area (Å²) >= 11 is 0. The molecule has 1 spiro atoms. The van der Waals surface area contributed by atoms with E-state index in [0.29, 0.717) is 37.8 Å². The standard InChI is InChI=1S/C16H18N4O4/c1-11-7-13(24-19-11)14(21)20-9-16(10-20)8-12(3-6-22-16)23-15-17-4-2-5-18-15/h2,4-5,7,12H,3,6,8-10H2,1H3. The van der Waals surface area contributed by atoms with Gasteiger partial charge in [0.2, 0.25) is 5.76 Å². The fraction of sp³-hybridized carbons (Fsp3) is 0.500. The zero-order chi connectivity index (χ0) is 16.6. The van der Waals surface area contributed by atoms with E-state index in [0.717, 1.165) is 6.42 Å². The van der Waals surface area contributed by atoms with E-state index in [-0.39, 0.29) is 23.4 Å². The van der Waals surface area contributed by atoms with Crippen molar-refractivity contribution in [2.75, 3.05) is 19.7 Å². The maximum Gasteiger partial charge on any atom is 0.316 e. The molecule has 2 aromatic rings. The predicted octanol–water partition coefficient (Wildman–Crippen LogP) is 1.23. The molecule has 2 saturated heterocycles. The summed E-state index contributed by atoms with van der Waals surface area (Å²) in [6.45, 7) is 3.44. The van der Waals surface area contributed by atoms with Gasteiger partial charge in [-0.25, -0.2) is 9.97 Å². The molecule has 2 aromatic heterocycles. The minimum atomic E-state index is -0.345. The Balaban J connectivity index is 1.36. The number of hydrogen-bond donors (Lipinski definition) is 0. The highest BCUT2D eigenvalue weighted by Crippen LogP contribution is 2.36. The summed E-state index contributed by atoms with van der Waals surface area (Å²) in [4.78, 5) is 22.2. The van der Waals surface area contributed by atoms with Crippen LogP contribution < -0.4 is 4.74 Å². The molecule has 8 nitrogen and oxygen atoms in total.